The highest BCUT2D eigenvalue weighted by Crippen LogP contribution is 2.20. The molecule has 0 saturated carbocycles. The molecule has 0 fully saturated rings. The van der Waals surface area contributed by atoms with Crippen LogP contribution in [0, 0.1) is 0 Å². The normalized spacial score (nSPS) is 13.0. The lowest BCUT2D eigenvalue weighted by atomic mass is 9.99. The summed E-state index contributed by atoms with van der Waals surface area (Å²) in [6.45, 7) is 1.64. The molecule has 1 rings (SSSR count). The summed E-state index contributed by atoms with van der Waals surface area (Å²) in [6.07, 6.45) is -1.87. The van der Waals surface area contributed by atoms with Gasteiger partial charge in [0.1, 0.15) is 6.10 Å². The van der Waals surface area contributed by atoms with Gasteiger partial charge in [-0.3, -0.25) is 14.4 Å². The number of benzene rings is 1. The van der Waals surface area contributed by atoms with Gasteiger partial charge in [-0.05, 0) is 12.0 Å². The minimum atomic E-state index is -1.11. The van der Waals surface area contributed by atoms with Crippen LogP contribution in [0.5, 0.6) is 0 Å². The maximum atomic E-state index is 11.9. The minimum absolute atomic E-state index is 0.0154. The Morgan fingerprint density at radius 3 is 2.29 bits per heavy atom. The van der Waals surface area contributed by atoms with Crippen molar-refractivity contribution in [3.63, 3.8) is 0 Å². The first-order chi connectivity index (χ1) is 11.3. The molecule has 0 aliphatic carbocycles. The van der Waals surface area contributed by atoms with Crippen LogP contribution in [0.4, 0.5) is 0 Å². The summed E-state index contributed by atoms with van der Waals surface area (Å²) in [5.41, 5.74) is 0.887. The van der Waals surface area contributed by atoms with Gasteiger partial charge in [0.15, 0.2) is 5.78 Å². The molecule has 2 unspecified atom stereocenters. The summed E-state index contributed by atoms with van der Waals surface area (Å²) in [6, 6.07) is 6.19. The third-order valence-electron chi connectivity index (χ3n) is 3.54. The Hall–Kier alpha value is -2.25. The van der Waals surface area contributed by atoms with Crippen LogP contribution in [0.3, 0.4) is 0 Å². The molecule has 0 heterocycles. The molecule has 3 N–H and O–H groups in total. The zero-order chi connectivity index (χ0) is 18.1. The summed E-state index contributed by atoms with van der Waals surface area (Å²) < 4.78 is 4.48. The van der Waals surface area contributed by atoms with E-state index in [4.69, 9.17) is 0 Å². The first-order valence-corrected chi connectivity index (χ1v) is 7.65. The van der Waals surface area contributed by atoms with Gasteiger partial charge in [0.2, 0.25) is 5.91 Å². The lowest BCUT2D eigenvalue weighted by Gasteiger charge is -2.18. The number of hydrogen-bond acceptors (Lipinski definition) is 6. The fraction of sp³-hybridized carbons (Fsp3) is 0.471. The van der Waals surface area contributed by atoms with E-state index < -0.39 is 18.2 Å². The molecular formula is C17H23NO6. The van der Waals surface area contributed by atoms with Gasteiger partial charge >= 0.3 is 5.97 Å². The van der Waals surface area contributed by atoms with Gasteiger partial charge in [-0.25, -0.2) is 0 Å². The number of nitrogens with one attached hydrogen (secondary N) is 1. The molecule has 1 aromatic carbocycles. The number of esters is 1. The maximum Gasteiger partial charge on any atom is 0.305 e. The van der Waals surface area contributed by atoms with Crippen LogP contribution >= 0.6 is 0 Å². The lowest BCUT2D eigenvalue weighted by molar-refractivity contribution is -0.140. The number of Topliss-reactive ketones (excluding diaryl/α,β-unsaturated/α-hetero) is 1. The molecule has 7 heteroatoms. The average Bonchev–Trinajstić information content (AvgIpc) is 2.58. The van der Waals surface area contributed by atoms with E-state index in [2.05, 4.69) is 10.1 Å². The number of ether oxygens (including phenoxy) is 1. The fourth-order valence-corrected chi connectivity index (χ4v) is 2.10. The number of carbonyl (C=O) groups excluding carboxylic acids is 3. The Balaban J connectivity index is 2.57. The van der Waals surface area contributed by atoms with E-state index in [1.165, 1.54) is 14.0 Å². The molecule has 7 nitrogen and oxygen atoms in total. The SMILES string of the molecule is COC(=O)CCC(=O)c1ccc(C(O)C(O)CCNC(C)=O)cc1. The van der Waals surface area contributed by atoms with E-state index in [1.54, 1.807) is 24.3 Å². The van der Waals surface area contributed by atoms with E-state index in [0.717, 1.165) is 0 Å². The van der Waals surface area contributed by atoms with Crippen molar-refractivity contribution >= 4 is 17.7 Å². The number of methoxy groups -OCH3 is 1. The van der Waals surface area contributed by atoms with Crippen LogP contribution < -0.4 is 5.32 Å². The van der Waals surface area contributed by atoms with Crippen LogP contribution in [-0.4, -0.2) is 47.6 Å². The van der Waals surface area contributed by atoms with Crippen molar-refractivity contribution in [1.82, 2.24) is 5.32 Å². The van der Waals surface area contributed by atoms with E-state index in [1.807, 2.05) is 0 Å². The van der Waals surface area contributed by atoms with Crippen molar-refractivity contribution in [3.8, 4) is 0 Å². The molecule has 0 spiro atoms. The van der Waals surface area contributed by atoms with E-state index >= 15 is 0 Å². The predicted octanol–water partition coefficient (Wildman–Crippen LogP) is 0.743. The molecule has 132 valence electrons. The van der Waals surface area contributed by atoms with Gasteiger partial charge in [0.25, 0.3) is 0 Å². The molecule has 1 amide bonds. The summed E-state index contributed by atoms with van der Waals surface area (Å²) in [7, 11) is 1.26. The number of rotatable bonds is 9. The highest BCUT2D eigenvalue weighted by molar-refractivity contribution is 5.97. The second kappa shape index (κ2) is 9.79. The molecule has 24 heavy (non-hydrogen) atoms. The van der Waals surface area contributed by atoms with Gasteiger partial charge in [-0.1, -0.05) is 24.3 Å². The number of aliphatic hydroxyl groups is 2. The Morgan fingerprint density at radius 1 is 1.12 bits per heavy atom. The van der Waals surface area contributed by atoms with Crippen LogP contribution in [0.1, 0.15) is 48.2 Å². The smallest absolute Gasteiger partial charge is 0.305 e. The largest absolute Gasteiger partial charge is 0.469 e. The van der Waals surface area contributed by atoms with Gasteiger partial charge in [-0.15, -0.1) is 0 Å². The Labute approximate surface area is 140 Å². The molecule has 0 bridgehead atoms. The predicted molar refractivity (Wildman–Crippen MR) is 86.3 cm³/mol. The summed E-state index contributed by atoms with van der Waals surface area (Å²) in [4.78, 5) is 33.7. The van der Waals surface area contributed by atoms with Crippen molar-refractivity contribution in [2.45, 2.75) is 38.4 Å². The fourth-order valence-electron chi connectivity index (χ4n) is 2.10. The van der Waals surface area contributed by atoms with Crippen LogP contribution in [0.2, 0.25) is 0 Å². The van der Waals surface area contributed by atoms with E-state index in [-0.39, 0.29) is 37.5 Å². The van der Waals surface area contributed by atoms with Gasteiger partial charge in [-0.2, -0.15) is 0 Å². The molecule has 0 radical (unpaired) electrons. The summed E-state index contributed by atoms with van der Waals surface area (Å²) in [5.74, 6) is -0.850. The zero-order valence-corrected chi connectivity index (χ0v) is 13.8. The number of aliphatic hydroxyl groups excluding tert-OH is 2. The van der Waals surface area contributed by atoms with E-state index in [9.17, 15) is 24.6 Å². The molecule has 1 aromatic rings. The maximum absolute atomic E-state index is 11.9. The highest BCUT2D eigenvalue weighted by Gasteiger charge is 2.18. The zero-order valence-electron chi connectivity index (χ0n) is 13.8. The standard InChI is InChI=1S/C17H23NO6/c1-11(19)18-10-9-15(21)17(23)13-5-3-12(4-6-13)14(20)7-8-16(22)24-2/h3-6,15,17,21,23H,7-10H2,1-2H3,(H,18,19). The van der Waals surface area contributed by atoms with E-state index in [0.29, 0.717) is 11.1 Å². The Morgan fingerprint density at radius 2 is 1.75 bits per heavy atom. The number of amides is 1. The molecule has 0 saturated heterocycles. The highest BCUT2D eigenvalue weighted by atomic mass is 16.5. The number of hydrogen-bond donors (Lipinski definition) is 3. The number of ketones is 1. The summed E-state index contributed by atoms with van der Waals surface area (Å²) in [5, 5.41) is 22.5. The minimum Gasteiger partial charge on any atom is -0.469 e. The molecule has 2 atom stereocenters. The third kappa shape index (κ3) is 6.47. The first kappa shape index (κ1) is 19.8. The molecule has 0 aliphatic rings. The van der Waals surface area contributed by atoms with Gasteiger partial charge in [0.05, 0.1) is 19.6 Å². The van der Waals surface area contributed by atoms with Crippen molar-refractivity contribution in [3.05, 3.63) is 35.4 Å². The van der Waals surface area contributed by atoms with Crippen LogP contribution in [0.25, 0.3) is 0 Å². The second-order valence-corrected chi connectivity index (χ2v) is 5.41. The van der Waals surface area contributed by atoms with Crippen molar-refractivity contribution in [2.75, 3.05) is 13.7 Å². The van der Waals surface area contributed by atoms with Crippen LogP contribution in [-0.2, 0) is 14.3 Å². The Kier molecular flexibility index (Phi) is 8.08. The molecule has 0 aromatic heterocycles. The van der Waals surface area contributed by atoms with Crippen LogP contribution in [0.15, 0.2) is 24.3 Å². The van der Waals surface area contributed by atoms with Gasteiger partial charge < -0.3 is 20.3 Å². The Bertz CT molecular complexity index is 569. The average molecular weight is 337 g/mol. The first-order valence-electron chi connectivity index (χ1n) is 7.65. The topological polar surface area (TPSA) is 113 Å². The monoisotopic (exact) mass is 337 g/mol. The molecule has 0 aliphatic heterocycles. The van der Waals surface area contributed by atoms with Crippen molar-refractivity contribution in [1.29, 1.82) is 0 Å². The van der Waals surface area contributed by atoms with Gasteiger partial charge in [0, 0.05) is 25.5 Å². The second-order valence-electron chi connectivity index (χ2n) is 5.41. The number of carbonyl (C=O) groups is 3. The van der Waals surface area contributed by atoms with Crippen molar-refractivity contribution in [2.24, 2.45) is 0 Å². The molecular weight excluding hydrogens is 314 g/mol. The third-order valence-corrected chi connectivity index (χ3v) is 3.54. The lowest BCUT2D eigenvalue weighted by Crippen LogP contribution is -2.27. The summed E-state index contributed by atoms with van der Waals surface area (Å²) >= 11 is 0. The quantitative estimate of drug-likeness (QED) is 0.452. The van der Waals surface area contributed by atoms with Crippen molar-refractivity contribution < 1.29 is 29.3 Å².